The Labute approximate surface area is 115 Å². The maximum Gasteiger partial charge on any atom is 0.126 e. The monoisotopic (exact) mass is 264 g/mol. The summed E-state index contributed by atoms with van der Waals surface area (Å²) in [5, 5.41) is 11.2. The van der Waals surface area contributed by atoms with E-state index in [1.54, 1.807) is 13.0 Å². The van der Waals surface area contributed by atoms with Gasteiger partial charge in [-0.1, -0.05) is 39.3 Å². The van der Waals surface area contributed by atoms with E-state index in [4.69, 9.17) is 0 Å². The minimum Gasteiger partial charge on any atom is -0.385 e. The average molecular weight is 264 g/mol. The van der Waals surface area contributed by atoms with Crippen molar-refractivity contribution in [3.05, 3.63) is 35.1 Å². The third-order valence-corrected chi connectivity index (χ3v) is 4.71. The fourth-order valence-electron chi connectivity index (χ4n) is 3.62. The van der Waals surface area contributed by atoms with Crippen LogP contribution < -0.4 is 0 Å². The second-order valence-electron chi connectivity index (χ2n) is 6.63. The number of benzene rings is 1. The number of halogens is 1. The smallest absolute Gasteiger partial charge is 0.126 e. The lowest BCUT2D eigenvalue weighted by Gasteiger charge is -2.45. The van der Waals surface area contributed by atoms with Gasteiger partial charge in [-0.25, -0.2) is 4.39 Å². The molecule has 1 fully saturated rings. The molecule has 106 valence electrons. The van der Waals surface area contributed by atoms with Gasteiger partial charge in [-0.3, -0.25) is 0 Å². The summed E-state index contributed by atoms with van der Waals surface area (Å²) < 4.78 is 13.4. The molecule has 1 N–H and O–H groups in total. The van der Waals surface area contributed by atoms with Gasteiger partial charge in [-0.05, 0) is 54.7 Å². The zero-order chi connectivity index (χ0) is 14.2. The lowest BCUT2D eigenvalue weighted by Crippen LogP contribution is -2.43. The minimum absolute atomic E-state index is 0.197. The van der Waals surface area contributed by atoms with E-state index in [-0.39, 0.29) is 11.7 Å². The Kier molecular flexibility index (Phi) is 4.00. The number of rotatable bonds is 2. The van der Waals surface area contributed by atoms with Crippen LogP contribution in [0.15, 0.2) is 18.2 Å². The van der Waals surface area contributed by atoms with E-state index in [0.717, 1.165) is 18.4 Å². The van der Waals surface area contributed by atoms with Gasteiger partial charge >= 0.3 is 0 Å². The molecule has 0 radical (unpaired) electrons. The highest BCUT2D eigenvalue weighted by atomic mass is 19.1. The first-order valence-corrected chi connectivity index (χ1v) is 7.33. The van der Waals surface area contributed by atoms with E-state index >= 15 is 0 Å². The quantitative estimate of drug-likeness (QED) is 0.838. The standard InChI is InChI=1S/C17H25FO/c1-11(2)15-7-5-12(3)10-17(15,19)14-6-8-16(18)13(4)9-14/h6,8-9,11-12,15,19H,5,7,10H2,1-4H3. The Morgan fingerprint density at radius 2 is 2.00 bits per heavy atom. The summed E-state index contributed by atoms with van der Waals surface area (Å²) in [6.45, 7) is 8.29. The van der Waals surface area contributed by atoms with Crippen molar-refractivity contribution in [3.8, 4) is 0 Å². The summed E-state index contributed by atoms with van der Waals surface area (Å²) >= 11 is 0. The van der Waals surface area contributed by atoms with Gasteiger partial charge < -0.3 is 5.11 Å². The highest BCUT2D eigenvalue weighted by Gasteiger charge is 2.44. The molecular weight excluding hydrogens is 239 g/mol. The van der Waals surface area contributed by atoms with Crippen LogP contribution in [0.2, 0.25) is 0 Å². The third kappa shape index (κ3) is 2.69. The number of hydrogen-bond acceptors (Lipinski definition) is 1. The van der Waals surface area contributed by atoms with E-state index in [2.05, 4.69) is 20.8 Å². The summed E-state index contributed by atoms with van der Waals surface area (Å²) in [5.41, 5.74) is 0.702. The number of aliphatic hydroxyl groups is 1. The third-order valence-electron chi connectivity index (χ3n) is 4.71. The zero-order valence-electron chi connectivity index (χ0n) is 12.4. The molecule has 2 heteroatoms. The average Bonchev–Trinajstić information content (AvgIpc) is 2.31. The molecule has 19 heavy (non-hydrogen) atoms. The van der Waals surface area contributed by atoms with Crippen molar-refractivity contribution >= 4 is 0 Å². The first-order chi connectivity index (χ1) is 8.84. The molecule has 1 aromatic rings. The Morgan fingerprint density at radius 1 is 1.32 bits per heavy atom. The van der Waals surface area contributed by atoms with Crippen LogP contribution in [0, 0.1) is 30.5 Å². The van der Waals surface area contributed by atoms with Crippen molar-refractivity contribution < 1.29 is 9.50 Å². The van der Waals surface area contributed by atoms with Crippen molar-refractivity contribution in [1.29, 1.82) is 0 Å². The van der Waals surface area contributed by atoms with Gasteiger partial charge in [-0.2, -0.15) is 0 Å². The molecule has 1 saturated carbocycles. The van der Waals surface area contributed by atoms with Gasteiger partial charge in [0.05, 0.1) is 5.60 Å². The van der Waals surface area contributed by atoms with Crippen LogP contribution in [0.4, 0.5) is 4.39 Å². The highest BCUT2D eigenvalue weighted by Crippen LogP contribution is 2.47. The number of hydrogen-bond donors (Lipinski definition) is 1. The van der Waals surface area contributed by atoms with Crippen LogP contribution >= 0.6 is 0 Å². The first kappa shape index (κ1) is 14.5. The van der Waals surface area contributed by atoms with Crippen molar-refractivity contribution in [2.24, 2.45) is 17.8 Å². The van der Waals surface area contributed by atoms with Crippen molar-refractivity contribution in [3.63, 3.8) is 0 Å². The van der Waals surface area contributed by atoms with E-state index in [1.807, 2.05) is 6.07 Å². The van der Waals surface area contributed by atoms with Crippen LogP contribution in [0.1, 0.15) is 51.2 Å². The summed E-state index contributed by atoms with van der Waals surface area (Å²) in [7, 11) is 0. The maximum absolute atomic E-state index is 13.4. The van der Waals surface area contributed by atoms with Crippen LogP contribution in [0.3, 0.4) is 0 Å². The molecule has 1 aromatic carbocycles. The van der Waals surface area contributed by atoms with Gasteiger partial charge in [-0.15, -0.1) is 0 Å². The lowest BCUT2D eigenvalue weighted by atomic mass is 9.64. The molecule has 0 bridgehead atoms. The molecular formula is C17H25FO. The molecule has 0 aromatic heterocycles. The summed E-state index contributed by atoms with van der Waals surface area (Å²) in [6.07, 6.45) is 3.00. The lowest BCUT2D eigenvalue weighted by molar-refractivity contribution is -0.0866. The molecule has 1 aliphatic carbocycles. The Morgan fingerprint density at radius 3 is 2.58 bits per heavy atom. The summed E-state index contributed by atoms with van der Waals surface area (Å²) in [5.74, 6) is 1.01. The molecule has 0 heterocycles. The highest BCUT2D eigenvalue weighted by molar-refractivity contribution is 5.30. The predicted octanol–water partition coefficient (Wildman–Crippen LogP) is 4.41. The van der Waals surface area contributed by atoms with E-state index in [0.29, 0.717) is 17.4 Å². The molecule has 3 atom stereocenters. The van der Waals surface area contributed by atoms with Gasteiger partial charge in [0.1, 0.15) is 5.82 Å². The predicted molar refractivity (Wildman–Crippen MR) is 76.4 cm³/mol. The molecule has 3 unspecified atom stereocenters. The SMILES string of the molecule is Cc1cc(C2(O)CC(C)CCC2C(C)C)ccc1F. The van der Waals surface area contributed by atoms with Crippen molar-refractivity contribution in [2.75, 3.05) is 0 Å². The Hall–Kier alpha value is -0.890. The summed E-state index contributed by atoms with van der Waals surface area (Å²) in [4.78, 5) is 0. The first-order valence-electron chi connectivity index (χ1n) is 7.33. The van der Waals surface area contributed by atoms with E-state index in [9.17, 15) is 9.50 Å². The molecule has 0 saturated heterocycles. The fourth-order valence-corrected chi connectivity index (χ4v) is 3.62. The van der Waals surface area contributed by atoms with Gasteiger partial charge in [0.25, 0.3) is 0 Å². The molecule has 0 amide bonds. The van der Waals surface area contributed by atoms with Crippen LogP contribution in [-0.4, -0.2) is 5.11 Å². The maximum atomic E-state index is 13.4. The van der Waals surface area contributed by atoms with E-state index < -0.39 is 5.60 Å². The van der Waals surface area contributed by atoms with Crippen LogP contribution in [0.25, 0.3) is 0 Å². The molecule has 1 aliphatic rings. The minimum atomic E-state index is -0.801. The summed E-state index contributed by atoms with van der Waals surface area (Å²) in [6, 6.07) is 5.07. The topological polar surface area (TPSA) is 20.2 Å². The van der Waals surface area contributed by atoms with Gasteiger partial charge in [0.2, 0.25) is 0 Å². The molecule has 0 spiro atoms. The largest absolute Gasteiger partial charge is 0.385 e. The molecule has 0 aliphatic heterocycles. The van der Waals surface area contributed by atoms with Crippen LogP contribution in [0.5, 0.6) is 0 Å². The zero-order valence-corrected chi connectivity index (χ0v) is 12.4. The van der Waals surface area contributed by atoms with Crippen molar-refractivity contribution in [1.82, 2.24) is 0 Å². The second kappa shape index (κ2) is 5.24. The normalized spacial score (nSPS) is 31.7. The number of aryl methyl sites for hydroxylation is 1. The molecule has 1 nitrogen and oxygen atoms in total. The van der Waals surface area contributed by atoms with E-state index in [1.165, 1.54) is 12.5 Å². The van der Waals surface area contributed by atoms with Gasteiger partial charge in [0.15, 0.2) is 0 Å². The molecule has 2 rings (SSSR count). The van der Waals surface area contributed by atoms with Crippen molar-refractivity contribution in [2.45, 2.75) is 52.6 Å². The van der Waals surface area contributed by atoms with Crippen LogP contribution in [-0.2, 0) is 5.60 Å². The fraction of sp³-hybridized carbons (Fsp3) is 0.647. The second-order valence-corrected chi connectivity index (χ2v) is 6.63. The van der Waals surface area contributed by atoms with Gasteiger partial charge in [0, 0.05) is 0 Å². The Bertz CT molecular complexity index is 455. The Balaban J connectivity index is 2.43.